The summed E-state index contributed by atoms with van der Waals surface area (Å²) in [4.78, 5) is 14.8. The molecular weight excluding hydrogens is 394 g/mol. The molecule has 0 radical (unpaired) electrons. The molecule has 0 N–H and O–H groups in total. The third-order valence-electron chi connectivity index (χ3n) is 5.55. The summed E-state index contributed by atoms with van der Waals surface area (Å²) in [5.41, 5.74) is 1.02. The molecule has 1 aromatic rings. The fourth-order valence-electron chi connectivity index (χ4n) is 2.61. The topological polar surface area (TPSA) is 48.0 Å². The van der Waals surface area contributed by atoms with Crippen molar-refractivity contribution in [2.24, 2.45) is 0 Å². The average Bonchev–Trinajstić information content (AvgIpc) is 2.70. The van der Waals surface area contributed by atoms with E-state index in [0.29, 0.717) is 13.2 Å². The number of methoxy groups -OCH3 is 2. The quantitative estimate of drug-likeness (QED) is 0.293. The summed E-state index contributed by atoms with van der Waals surface area (Å²) in [5.74, 6) is 2.30. The molecule has 0 aliphatic carbocycles. The maximum Gasteiger partial charge on any atom is 0.255 e. The van der Waals surface area contributed by atoms with Gasteiger partial charge in [-0.3, -0.25) is 4.79 Å². The van der Waals surface area contributed by atoms with E-state index < -0.39 is 20.6 Å². The molecule has 0 aliphatic rings. The number of hydrogen-bond donors (Lipinski definition) is 0. The van der Waals surface area contributed by atoms with E-state index in [2.05, 4.69) is 39.8 Å². The molecule has 2 unspecified atom stereocenters. The van der Waals surface area contributed by atoms with E-state index in [4.69, 9.17) is 20.3 Å². The predicted molar refractivity (Wildman–Crippen MR) is 125 cm³/mol. The Kier molecular flexibility index (Phi) is 10.5. The Balaban J connectivity index is 3.04. The Hall–Kier alpha value is -1.91. The van der Waals surface area contributed by atoms with Crippen molar-refractivity contribution in [2.75, 3.05) is 27.4 Å². The summed E-state index contributed by atoms with van der Waals surface area (Å²) in [6, 6.07) is 9.87. The molecule has 6 heteroatoms. The van der Waals surface area contributed by atoms with Crippen LogP contribution in [0.3, 0.4) is 0 Å². The van der Waals surface area contributed by atoms with E-state index in [1.807, 2.05) is 42.5 Å². The normalized spacial score (nSPS) is 14.3. The lowest BCUT2D eigenvalue weighted by molar-refractivity contribution is -0.151. The first-order valence-corrected chi connectivity index (χ1v) is 13.1. The van der Waals surface area contributed by atoms with Gasteiger partial charge in [-0.05, 0) is 29.8 Å². The number of nitrogens with zero attached hydrogens (tertiary/aromatic N) is 1. The molecule has 2 atom stereocenters. The Morgan fingerprint density at radius 1 is 1.20 bits per heavy atom. The van der Waals surface area contributed by atoms with E-state index in [9.17, 15) is 4.79 Å². The van der Waals surface area contributed by atoms with E-state index >= 15 is 0 Å². The molecule has 0 fully saturated rings. The van der Waals surface area contributed by atoms with E-state index in [0.717, 1.165) is 5.56 Å². The molecule has 30 heavy (non-hydrogen) atoms. The van der Waals surface area contributed by atoms with Crippen molar-refractivity contribution in [1.29, 1.82) is 0 Å². The minimum atomic E-state index is -1.93. The maximum atomic E-state index is 13.2. The maximum absolute atomic E-state index is 13.2. The fraction of sp³-hybridized carbons (Fsp3) is 0.542. The molecule has 166 valence electrons. The van der Waals surface area contributed by atoms with Crippen LogP contribution in [0.2, 0.25) is 18.1 Å². The van der Waals surface area contributed by atoms with Gasteiger partial charge in [0.2, 0.25) is 0 Å². The molecule has 1 aromatic carbocycles. The van der Waals surface area contributed by atoms with Crippen LogP contribution in [-0.2, 0) is 18.7 Å². The number of ether oxygens (including phenoxy) is 2. The summed E-state index contributed by atoms with van der Waals surface area (Å²) in [6.07, 6.45) is 8.15. The van der Waals surface area contributed by atoms with Crippen LogP contribution in [0.15, 0.2) is 36.4 Å². The van der Waals surface area contributed by atoms with Gasteiger partial charge in [0.25, 0.3) is 5.91 Å². The van der Waals surface area contributed by atoms with Gasteiger partial charge in [-0.2, -0.15) is 0 Å². The predicted octanol–water partition coefficient (Wildman–Crippen LogP) is 4.56. The molecule has 0 aromatic heterocycles. The van der Waals surface area contributed by atoms with Crippen LogP contribution in [0.1, 0.15) is 32.8 Å². The number of carbonyl (C=O) groups excluding carboxylic acids is 1. The number of amides is 1. The number of terminal acetylenes is 1. The second kappa shape index (κ2) is 12.1. The highest BCUT2D eigenvalue weighted by Crippen LogP contribution is 2.36. The summed E-state index contributed by atoms with van der Waals surface area (Å²) in [5, 5.41) is 0.0915. The van der Waals surface area contributed by atoms with Crippen LogP contribution in [-0.4, -0.2) is 58.8 Å². The third-order valence-corrected chi connectivity index (χ3v) is 10.1. The van der Waals surface area contributed by atoms with E-state index in [-0.39, 0.29) is 17.4 Å². The number of benzene rings is 1. The zero-order valence-corrected chi connectivity index (χ0v) is 20.5. The lowest BCUT2D eigenvalue weighted by atomic mass is 10.2. The zero-order chi connectivity index (χ0) is 22.8. The first-order chi connectivity index (χ1) is 14.1. The number of carbonyl (C=O) groups is 1. The van der Waals surface area contributed by atoms with Crippen molar-refractivity contribution in [3.05, 3.63) is 42.0 Å². The highest BCUT2D eigenvalue weighted by atomic mass is 28.4. The van der Waals surface area contributed by atoms with Crippen LogP contribution in [0, 0.1) is 12.3 Å². The van der Waals surface area contributed by atoms with Crippen molar-refractivity contribution in [1.82, 2.24) is 4.90 Å². The van der Waals surface area contributed by atoms with Gasteiger partial charge < -0.3 is 18.8 Å². The highest BCUT2D eigenvalue weighted by molar-refractivity contribution is 6.74. The summed E-state index contributed by atoms with van der Waals surface area (Å²) in [7, 11) is 1.14. The molecule has 1 rings (SSSR count). The summed E-state index contributed by atoms with van der Waals surface area (Å²) >= 11 is 0. The summed E-state index contributed by atoms with van der Waals surface area (Å²) in [6.45, 7) is 11.8. The standard InChI is InChI=1S/C24H37NO4Si/c1-9-13-21(27-5)23(26)25(18-19-29-30(7,8)24(2,3)4)22(28-6)17-16-20-14-11-10-12-15-20/h1,10-12,14-17,21-22H,13,18-19H2,2-8H3/b17-16+. The number of hydrogen-bond acceptors (Lipinski definition) is 4. The van der Waals surface area contributed by atoms with Crippen LogP contribution < -0.4 is 0 Å². The van der Waals surface area contributed by atoms with Crippen LogP contribution in [0.5, 0.6) is 0 Å². The van der Waals surface area contributed by atoms with Crippen molar-refractivity contribution < 1.29 is 18.7 Å². The molecule has 0 heterocycles. The molecular formula is C24H37NO4Si. The van der Waals surface area contributed by atoms with Crippen molar-refractivity contribution in [2.45, 2.75) is 57.7 Å². The van der Waals surface area contributed by atoms with E-state index in [1.54, 1.807) is 12.0 Å². The Morgan fingerprint density at radius 2 is 1.83 bits per heavy atom. The van der Waals surface area contributed by atoms with Gasteiger partial charge in [0.05, 0.1) is 6.61 Å². The van der Waals surface area contributed by atoms with Gasteiger partial charge in [0.1, 0.15) is 6.10 Å². The molecule has 0 saturated heterocycles. The molecule has 0 spiro atoms. The van der Waals surface area contributed by atoms with Gasteiger partial charge in [-0.1, -0.05) is 57.2 Å². The van der Waals surface area contributed by atoms with Gasteiger partial charge in [0, 0.05) is 27.2 Å². The molecule has 1 amide bonds. The molecule has 0 aliphatic heterocycles. The van der Waals surface area contributed by atoms with Crippen molar-refractivity contribution >= 4 is 20.3 Å². The second-order valence-corrected chi connectivity index (χ2v) is 13.5. The molecule has 5 nitrogen and oxygen atoms in total. The lowest BCUT2D eigenvalue weighted by Gasteiger charge is -2.37. The minimum absolute atomic E-state index is 0.0915. The lowest BCUT2D eigenvalue weighted by Crippen LogP contribution is -2.49. The number of rotatable bonds is 11. The Morgan fingerprint density at radius 3 is 2.33 bits per heavy atom. The van der Waals surface area contributed by atoms with Gasteiger partial charge in [-0.15, -0.1) is 12.3 Å². The van der Waals surface area contributed by atoms with Gasteiger partial charge >= 0.3 is 0 Å². The second-order valence-electron chi connectivity index (χ2n) is 8.67. The average molecular weight is 432 g/mol. The zero-order valence-electron chi connectivity index (χ0n) is 19.5. The SMILES string of the molecule is C#CCC(OC)C(=O)N(CCO[Si](C)(C)C(C)(C)C)C(/C=C/c1ccccc1)OC. The Bertz CT molecular complexity index is 719. The first-order valence-electron chi connectivity index (χ1n) is 10.2. The summed E-state index contributed by atoms with van der Waals surface area (Å²) < 4.78 is 17.3. The fourth-order valence-corrected chi connectivity index (χ4v) is 3.64. The minimum Gasteiger partial charge on any atom is -0.415 e. The largest absolute Gasteiger partial charge is 0.415 e. The molecule has 0 saturated carbocycles. The van der Waals surface area contributed by atoms with Crippen molar-refractivity contribution in [3.8, 4) is 12.3 Å². The third kappa shape index (κ3) is 7.73. The van der Waals surface area contributed by atoms with Crippen LogP contribution >= 0.6 is 0 Å². The first kappa shape index (κ1) is 26.1. The van der Waals surface area contributed by atoms with E-state index in [1.165, 1.54) is 7.11 Å². The molecule has 0 bridgehead atoms. The smallest absolute Gasteiger partial charge is 0.255 e. The van der Waals surface area contributed by atoms with Crippen molar-refractivity contribution in [3.63, 3.8) is 0 Å². The monoisotopic (exact) mass is 431 g/mol. The highest BCUT2D eigenvalue weighted by Gasteiger charge is 2.37. The Labute approximate surface area is 183 Å². The van der Waals surface area contributed by atoms with Crippen LogP contribution in [0.25, 0.3) is 6.08 Å². The van der Waals surface area contributed by atoms with Gasteiger partial charge in [0.15, 0.2) is 14.5 Å². The van der Waals surface area contributed by atoms with Gasteiger partial charge in [-0.25, -0.2) is 0 Å². The van der Waals surface area contributed by atoms with Crippen LogP contribution in [0.4, 0.5) is 0 Å².